The predicted octanol–water partition coefficient (Wildman–Crippen LogP) is 3.55. The lowest BCUT2D eigenvalue weighted by Gasteiger charge is -2.15. The van der Waals surface area contributed by atoms with Gasteiger partial charge in [-0.05, 0) is 47.0 Å². The summed E-state index contributed by atoms with van der Waals surface area (Å²) >= 11 is 7.96. The zero-order valence-electron chi connectivity index (χ0n) is 10.7. The number of nitrogens with zero attached hydrogens (tertiary/aromatic N) is 4. The van der Waals surface area contributed by atoms with Crippen LogP contribution in [0.5, 0.6) is 0 Å². The van der Waals surface area contributed by atoms with Crippen LogP contribution in [-0.4, -0.2) is 20.2 Å². The Balaban J connectivity index is 1.87. The van der Waals surface area contributed by atoms with Crippen LogP contribution in [0.4, 0.5) is 5.69 Å². The molecule has 3 rings (SSSR count). The molecule has 0 aliphatic rings. The van der Waals surface area contributed by atoms with E-state index in [0.29, 0.717) is 5.02 Å². The Morgan fingerprint density at radius 2 is 2.25 bits per heavy atom. The quantitative estimate of drug-likeness (QED) is 0.801. The maximum Gasteiger partial charge on any atom is 0.143 e. The summed E-state index contributed by atoms with van der Waals surface area (Å²) in [5, 5.41) is 17.3. The molecule has 0 radical (unpaired) electrons. The van der Waals surface area contributed by atoms with Crippen LogP contribution in [0.2, 0.25) is 5.02 Å². The minimum absolute atomic E-state index is 0.191. The third-order valence-corrected chi connectivity index (χ3v) is 4.29. The van der Waals surface area contributed by atoms with E-state index < -0.39 is 0 Å². The normalized spacial score (nSPS) is 12.3. The molecule has 1 N–H and O–H groups in total. The number of aromatic nitrogens is 4. The second-order valence-electron chi connectivity index (χ2n) is 4.30. The summed E-state index contributed by atoms with van der Waals surface area (Å²) in [7, 11) is 0. The molecular formula is C13H12ClN5S. The second-order valence-corrected chi connectivity index (χ2v) is 5.69. The van der Waals surface area contributed by atoms with Gasteiger partial charge in [0.15, 0.2) is 0 Å². The summed E-state index contributed by atoms with van der Waals surface area (Å²) in [4.78, 5) is 1.26. The molecule has 0 amide bonds. The van der Waals surface area contributed by atoms with Gasteiger partial charge in [-0.25, -0.2) is 4.68 Å². The van der Waals surface area contributed by atoms with E-state index in [1.165, 1.54) is 4.88 Å². The van der Waals surface area contributed by atoms with E-state index >= 15 is 0 Å². The first-order valence-corrected chi connectivity index (χ1v) is 7.32. The smallest absolute Gasteiger partial charge is 0.143 e. The molecule has 7 heteroatoms. The fourth-order valence-electron chi connectivity index (χ4n) is 1.89. The number of thiophene rings is 1. The monoisotopic (exact) mass is 305 g/mol. The first kappa shape index (κ1) is 13.1. The van der Waals surface area contributed by atoms with E-state index in [0.717, 1.165) is 11.4 Å². The van der Waals surface area contributed by atoms with Crippen molar-refractivity contribution in [3.05, 3.63) is 51.9 Å². The van der Waals surface area contributed by atoms with Crippen molar-refractivity contribution in [1.29, 1.82) is 0 Å². The highest BCUT2D eigenvalue weighted by molar-refractivity contribution is 7.10. The summed E-state index contributed by atoms with van der Waals surface area (Å²) in [6.45, 7) is 2.10. The number of rotatable bonds is 4. The van der Waals surface area contributed by atoms with Gasteiger partial charge in [-0.2, -0.15) is 0 Å². The Bertz CT molecular complexity index is 681. The fraction of sp³-hybridized carbons (Fsp3) is 0.154. The van der Waals surface area contributed by atoms with Gasteiger partial charge in [0.1, 0.15) is 6.33 Å². The summed E-state index contributed by atoms with van der Waals surface area (Å²) < 4.78 is 1.59. The lowest BCUT2D eigenvalue weighted by Crippen LogP contribution is -2.06. The Hall–Kier alpha value is -1.92. The third-order valence-electron chi connectivity index (χ3n) is 2.91. The zero-order valence-corrected chi connectivity index (χ0v) is 12.3. The van der Waals surface area contributed by atoms with Crippen LogP contribution in [-0.2, 0) is 0 Å². The molecular weight excluding hydrogens is 294 g/mol. The fourth-order valence-corrected chi connectivity index (χ4v) is 2.79. The van der Waals surface area contributed by atoms with Gasteiger partial charge in [-0.3, -0.25) is 0 Å². The van der Waals surface area contributed by atoms with Crippen LogP contribution in [0, 0.1) is 0 Å². The van der Waals surface area contributed by atoms with E-state index in [9.17, 15) is 0 Å². The Morgan fingerprint density at radius 1 is 1.35 bits per heavy atom. The number of benzene rings is 1. The number of anilines is 1. The van der Waals surface area contributed by atoms with Gasteiger partial charge >= 0.3 is 0 Å². The lowest BCUT2D eigenvalue weighted by atomic mass is 10.2. The van der Waals surface area contributed by atoms with E-state index in [1.54, 1.807) is 22.3 Å². The van der Waals surface area contributed by atoms with Crippen LogP contribution >= 0.6 is 22.9 Å². The Morgan fingerprint density at radius 3 is 2.95 bits per heavy atom. The molecule has 0 spiro atoms. The largest absolute Gasteiger partial charge is 0.376 e. The van der Waals surface area contributed by atoms with Crippen molar-refractivity contribution in [2.45, 2.75) is 13.0 Å². The van der Waals surface area contributed by atoms with Gasteiger partial charge < -0.3 is 5.32 Å². The van der Waals surface area contributed by atoms with Crippen molar-refractivity contribution in [1.82, 2.24) is 20.2 Å². The molecule has 0 bridgehead atoms. The maximum atomic E-state index is 6.24. The van der Waals surface area contributed by atoms with Gasteiger partial charge in [0.25, 0.3) is 0 Å². The summed E-state index contributed by atoms with van der Waals surface area (Å²) in [5.41, 5.74) is 1.72. The summed E-state index contributed by atoms with van der Waals surface area (Å²) in [6.07, 6.45) is 1.55. The number of hydrogen-bond donors (Lipinski definition) is 1. The maximum absolute atomic E-state index is 6.24. The highest BCUT2D eigenvalue weighted by Gasteiger charge is 2.10. The van der Waals surface area contributed by atoms with Crippen molar-refractivity contribution < 1.29 is 0 Å². The topological polar surface area (TPSA) is 55.6 Å². The van der Waals surface area contributed by atoms with Crippen molar-refractivity contribution >= 4 is 28.6 Å². The van der Waals surface area contributed by atoms with Gasteiger partial charge in [0.05, 0.1) is 22.4 Å². The standard InChI is InChI=1S/C13H12ClN5S/c1-9(13-3-2-6-20-13)16-12-7-10(4-5-11(12)14)19-8-15-17-18-19/h2-9,16H,1H3. The van der Waals surface area contributed by atoms with Gasteiger partial charge in [-0.1, -0.05) is 17.7 Å². The van der Waals surface area contributed by atoms with E-state index in [4.69, 9.17) is 11.6 Å². The first-order chi connectivity index (χ1) is 9.74. The van der Waals surface area contributed by atoms with Crippen LogP contribution in [0.3, 0.4) is 0 Å². The highest BCUT2D eigenvalue weighted by Crippen LogP contribution is 2.29. The number of hydrogen-bond acceptors (Lipinski definition) is 5. The second kappa shape index (κ2) is 5.60. The van der Waals surface area contributed by atoms with Crippen LogP contribution < -0.4 is 5.32 Å². The van der Waals surface area contributed by atoms with Crippen molar-refractivity contribution in [3.8, 4) is 5.69 Å². The van der Waals surface area contributed by atoms with E-state index in [1.807, 2.05) is 24.3 Å². The molecule has 1 aromatic carbocycles. The number of tetrazole rings is 1. The molecule has 1 unspecified atom stereocenters. The third kappa shape index (κ3) is 2.66. The molecule has 2 heterocycles. The van der Waals surface area contributed by atoms with Crippen molar-refractivity contribution in [2.75, 3.05) is 5.32 Å². The van der Waals surface area contributed by atoms with Crippen LogP contribution in [0.25, 0.3) is 5.69 Å². The molecule has 0 aliphatic heterocycles. The van der Waals surface area contributed by atoms with Gasteiger partial charge in [0, 0.05) is 4.88 Å². The van der Waals surface area contributed by atoms with E-state index in [2.05, 4.69) is 39.2 Å². The molecule has 102 valence electrons. The number of halogens is 1. The lowest BCUT2D eigenvalue weighted by molar-refractivity contribution is 0.788. The first-order valence-electron chi connectivity index (χ1n) is 6.07. The average Bonchev–Trinajstić information content (AvgIpc) is 3.14. The van der Waals surface area contributed by atoms with E-state index in [-0.39, 0.29) is 6.04 Å². The SMILES string of the molecule is CC(Nc1cc(-n2cnnn2)ccc1Cl)c1cccs1. The molecule has 3 aromatic rings. The average molecular weight is 306 g/mol. The Kier molecular flexibility index (Phi) is 3.66. The minimum Gasteiger partial charge on any atom is -0.376 e. The summed E-state index contributed by atoms with van der Waals surface area (Å²) in [5.74, 6) is 0. The van der Waals surface area contributed by atoms with Gasteiger partial charge in [-0.15, -0.1) is 16.4 Å². The molecule has 1 atom stereocenters. The predicted molar refractivity (Wildman–Crippen MR) is 80.5 cm³/mol. The molecule has 2 aromatic heterocycles. The molecule has 0 saturated heterocycles. The highest BCUT2D eigenvalue weighted by atomic mass is 35.5. The van der Waals surface area contributed by atoms with Crippen molar-refractivity contribution in [3.63, 3.8) is 0 Å². The molecule has 0 fully saturated rings. The Labute approximate surface area is 125 Å². The van der Waals surface area contributed by atoms with Crippen molar-refractivity contribution in [2.24, 2.45) is 0 Å². The molecule has 5 nitrogen and oxygen atoms in total. The van der Waals surface area contributed by atoms with Crippen LogP contribution in [0.1, 0.15) is 17.8 Å². The van der Waals surface area contributed by atoms with Gasteiger partial charge in [0.2, 0.25) is 0 Å². The van der Waals surface area contributed by atoms with Crippen LogP contribution in [0.15, 0.2) is 42.0 Å². The zero-order chi connectivity index (χ0) is 13.9. The number of nitrogens with one attached hydrogen (secondary N) is 1. The molecule has 0 aliphatic carbocycles. The molecule has 20 heavy (non-hydrogen) atoms. The minimum atomic E-state index is 0.191. The summed E-state index contributed by atoms with van der Waals surface area (Å²) in [6, 6.07) is 9.97. The molecule has 0 saturated carbocycles.